The van der Waals surface area contributed by atoms with E-state index >= 15 is 0 Å². The minimum absolute atomic E-state index is 0.185. The predicted octanol–water partition coefficient (Wildman–Crippen LogP) is 4.54. The topological polar surface area (TPSA) is 26.3 Å². The molecule has 0 saturated carbocycles. The summed E-state index contributed by atoms with van der Waals surface area (Å²) in [6.45, 7) is 0.185. The van der Waals surface area contributed by atoms with Gasteiger partial charge in [-0.05, 0) is 5.56 Å². The minimum atomic E-state index is -1.43. The summed E-state index contributed by atoms with van der Waals surface area (Å²) in [5.41, 5.74) is 1.39. The molecular formula is C9H6BrCl3O2. The molecule has 2 nitrogen and oxygen atoms in total. The second kappa shape index (κ2) is 5.39. The van der Waals surface area contributed by atoms with Crippen molar-refractivity contribution in [2.24, 2.45) is 0 Å². The zero-order valence-electron chi connectivity index (χ0n) is 7.34. The highest BCUT2D eigenvalue weighted by Crippen LogP contribution is 2.37. The van der Waals surface area contributed by atoms with Gasteiger partial charge in [-0.15, -0.1) is 0 Å². The van der Waals surface area contributed by atoms with Gasteiger partial charge in [-0.3, -0.25) is 0 Å². The van der Waals surface area contributed by atoms with E-state index in [0.29, 0.717) is 5.56 Å². The van der Waals surface area contributed by atoms with Crippen LogP contribution in [0.1, 0.15) is 11.1 Å². The maximum atomic E-state index is 10.5. The van der Waals surface area contributed by atoms with Gasteiger partial charge in [0.2, 0.25) is 3.79 Å². The van der Waals surface area contributed by atoms with Crippen LogP contribution in [0.25, 0.3) is 0 Å². The van der Waals surface area contributed by atoms with Crippen molar-refractivity contribution in [3.8, 4) is 0 Å². The zero-order valence-corrected chi connectivity index (χ0v) is 11.2. The number of rotatable bonds is 2. The molecule has 82 valence electrons. The average molecular weight is 332 g/mol. The second-order valence-electron chi connectivity index (χ2n) is 2.72. The lowest BCUT2D eigenvalue weighted by molar-refractivity contribution is 0.170. The van der Waals surface area contributed by atoms with Crippen LogP contribution < -0.4 is 0 Å². The first-order chi connectivity index (χ1) is 6.89. The Balaban J connectivity index is 2.69. The van der Waals surface area contributed by atoms with E-state index < -0.39 is 8.67 Å². The van der Waals surface area contributed by atoms with E-state index in [9.17, 15) is 4.79 Å². The smallest absolute Gasteiger partial charge is 0.374 e. The van der Waals surface area contributed by atoms with Crippen molar-refractivity contribution in [3.63, 3.8) is 0 Å². The van der Waals surface area contributed by atoms with Gasteiger partial charge < -0.3 is 4.74 Å². The summed E-state index contributed by atoms with van der Waals surface area (Å²) in [7, 11) is 0. The molecule has 0 fully saturated rings. The van der Waals surface area contributed by atoms with Crippen LogP contribution in [0, 0.1) is 0 Å². The first-order valence-electron chi connectivity index (χ1n) is 3.88. The number of carbonyl (C=O) groups is 1. The Morgan fingerprint density at radius 1 is 1.27 bits per heavy atom. The van der Waals surface area contributed by atoms with Crippen LogP contribution >= 0.6 is 50.7 Å². The fourth-order valence-electron chi connectivity index (χ4n) is 0.930. The maximum Gasteiger partial charge on any atom is 0.374 e. The Morgan fingerprint density at radius 3 is 2.20 bits per heavy atom. The minimum Gasteiger partial charge on any atom is -0.452 e. The Hall–Kier alpha value is 0.0400. The van der Waals surface area contributed by atoms with Crippen LogP contribution in [-0.4, -0.2) is 4.88 Å². The van der Waals surface area contributed by atoms with Gasteiger partial charge >= 0.3 is 4.88 Å². The summed E-state index contributed by atoms with van der Waals surface area (Å²) in [5, 5.41) is 0. The van der Waals surface area contributed by atoms with Crippen molar-refractivity contribution in [1.29, 1.82) is 0 Å². The average Bonchev–Trinajstić information content (AvgIpc) is 2.14. The SMILES string of the molecule is O=C(Br)OCc1ccc(C(Cl)(Cl)Cl)cc1. The molecule has 0 aliphatic heterocycles. The molecule has 1 aromatic carbocycles. The number of alkyl halides is 3. The van der Waals surface area contributed by atoms with E-state index in [1.807, 2.05) is 0 Å². The van der Waals surface area contributed by atoms with Crippen molar-refractivity contribution < 1.29 is 9.53 Å². The van der Waals surface area contributed by atoms with Gasteiger partial charge in [-0.1, -0.05) is 59.1 Å². The fraction of sp³-hybridized carbons (Fsp3) is 0.222. The first kappa shape index (κ1) is 13.1. The molecule has 0 radical (unpaired) electrons. The molecule has 0 aliphatic carbocycles. The molecule has 0 aromatic heterocycles. The van der Waals surface area contributed by atoms with Gasteiger partial charge in [0.25, 0.3) is 0 Å². The molecule has 0 atom stereocenters. The molecule has 0 aliphatic rings. The third-order valence-electron chi connectivity index (χ3n) is 1.63. The quantitative estimate of drug-likeness (QED) is 0.587. The molecule has 0 N–H and O–H groups in total. The van der Waals surface area contributed by atoms with Gasteiger partial charge in [0.15, 0.2) is 0 Å². The number of halogens is 4. The van der Waals surface area contributed by atoms with Crippen LogP contribution in [0.3, 0.4) is 0 Å². The Labute approximate surface area is 111 Å². The first-order valence-corrected chi connectivity index (χ1v) is 5.80. The maximum absolute atomic E-state index is 10.5. The number of ether oxygens (including phenoxy) is 1. The van der Waals surface area contributed by atoms with Crippen molar-refractivity contribution in [1.82, 2.24) is 0 Å². The van der Waals surface area contributed by atoms with Crippen LogP contribution in [0.2, 0.25) is 0 Å². The van der Waals surface area contributed by atoms with E-state index in [1.54, 1.807) is 24.3 Å². The number of benzene rings is 1. The van der Waals surface area contributed by atoms with Gasteiger partial charge in [0.1, 0.15) is 6.61 Å². The summed E-state index contributed by atoms with van der Waals surface area (Å²) < 4.78 is 3.31. The zero-order chi connectivity index (χ0) is 11.5. The Bertz CT molecular complexity index is 345. The van der Waals surface area contributed by atoms with Crippen LogP contribution in [0.5, 0.6) is 0 Å². The van der Waals surface area contributed by atoms with Gasteiger partial charge in [-0.2, -0.15) is 0 Å². The number of hydrogen-bond acceptors (Lipinski definition) is 2. The van der Waals surface area contributed by atoms with E-state index in [-0.39, 0.29) is 6.61 Å². The van der Waals surface area contributed by atoms with Gasteiger partial charge in [-0.25, -0.2) is 4.79 Å². The summed E-state index contributed by atoms with van der Waals surface area (Å²) in [6.07, 6.45) is 0. The van der Waals surface area contributed by atoms with E-state index in [0.717, 1.165) is 5.56 Å². The van der Waals surface area contributed by atoms with Crippen molar-refractivity contribution in [2.75, 3.05) is 0 Å². The molecule has 1 rings (SSSR count). The Kier molecular flexibility index (Phi) is 4.71. The lowest BCUT2D eigenvalue weighted by Gasteiger charge is -2.11. The third kappa shape index (κ3) is 4.60. The standard InChI is InChI=1S/C9H6BrCl3O2/c10-8(14)15-5-6-1-3-7(4-2-6)9(11,12)13/h1-4H,5H2. The van der Waals surface area contributed by atoms with Crippen molar-refractivity contribution >= 4 is 55.6 Å². The van der Waals surface area contributed by atoms with E-state index in [2.05, 4.69) is 15.9 Å². The normalized spacial score (nSPS) is 11.2. The van der Waals surface area contributed by atoms with Crippen LogP contribution in [-0.2, 0) is 15.1 Å². The largest absolute Gasteiger partial charge is 0.452 e. The molecule has 0 spiro atoms. The summed E-state index contributed by atoms with van der Waals surface area (Å²) in [4.78, 5) is 9.97. The summed E-state index contributed by atoms with van der Waals surface area (Å²) in [5.74, 6) is 0. The summed E-state index contributed by atoms with van der Waals surface area (Å²) >= 11 is 19.7. The number of hydrogen-bond donors (Lipinski definition) is 0. The highest BCUT2D eigenvalue weighted by atomic mass is 79.9. The van der Waals surface area contributed by atoms with Crippen LogP contribution in [0.15, 0.2) is 24.3 Å². The fourth-order valence-corrected chi connectivity index (χ4v) is 1.42. The highest BCUT2D eigenvalue weighted by molar-refractivity contribution is 9.18. The molecule has 1 aromatic rings. The molecule has 15 heavy (non-hydrogen) atoms. The lowest BCUT2D eigenvalue weighted by Crippen LogP contribution is -2.00. The van der Waals surface area contributed by atoms with Gasteiger partial charge in [0.05, 0.1) is 0 Å². The van der Waals surface area contributed by atoms with E-state index in [1.165, 1.54) is 0 Å². The van der Waals surface area contributed by atoms with Crippen molar-refractivity contribution in [2.45, 2.75) is 10.4 Å². The molecule has 0 unspecified atom stereocenters. The Morgan fingerprint density at radius 2 is 1.80 bits per heavy atom. The monoisotopic (exact) mass is 330 g/mol. The van der Waals surface area contributed by atoms with Crippen molar-refractivity contribution in [3.05, 3.63) is 35.4 Å². The highest BCUT2D eigenvalue weighted by Gasteiger charge is 2.22. The molecule has 0 amide bonds. The summed E-state index contributed by atoms with van der Waals surface area (Å²) in [6, 6.07) is 6.80. The third-order valence-corrected chi connectivity index (χ3v) is 2.52. The molecule has 6 heteroatoms. The predicted molar refractivity (Wildman–Crippen MR) is 64.8 cm³/mol. The molecule has 0 bridgehead atoms. The molecular weight excluding hydrogens is 326 g/mol. The second-order valence-corrected chi connectivity index (χ2v) is 5.65. The number of carbonyl (C=O) groups excluding carboxylic acids is 1. The van der Waals surface area contributed by atoms with E-state index in [4.69, 9.17) is 39.5 Å². The molecule has 0 saturated heterocycles. The van der Waals surface area contributed by atoms with Gasteiger partial charge in [0, 0.05) is 21.5 Å². The lowest BCUT2D eigenvalue weighted by atomic mass is 10.2. The molecule has 0 heterocycles. The van der Waals surface area contributed by atoms with Crippen LogP contribution in [0.4, 0.5) is 4.79 Å².